The molecule has 0 amide bonds. The number of nitrogen functional groups attached to an aromatic ring is 1. The third kappa shape index (κ3) is 1.63. The van der Waals surface area contributed by atoms with Gasteiger partial charge in [-0.25, -0.2) is 0 Å². The zero-order valence-corrected chi connectivity index (χ0v) is 10.4. The highest BCUT2D eigenvalue weighted by Gasteiger charge is 2.28. The van der Waals surface area contributed by atoms with Crippen molar-refractivity contribution in [2.75, 3.05) is 5.73 Å². The Morgan fingerprint density at radius 2 is 2.20 bits per heavy atom. The van der Waals surface area contributed by atoms with Crippen molar-refractivity contribution in [1.29, 1.82) is 0 Å². The van der Waals surface area contributed by atoms with Crippen LogP contribution in [-0.2, 0) is 6.42 Å². The van der Waals surface area contributed by atoms with Crippen LogP contribution in [0.4, 0.5) is 5.82 Å². The Bertz CT molecular complexity index is 738. The number of nitrogens with one attached hydrogen (secondary N) is 1. The summed E-state index contributed by atoms with van der Waals surface area (Å²) in [4.78, 5) is 4.34. The van der Waals surface area contributed by atoms with Crippen molar-refractivity contribution in [3.05, 3.63) is 41.9 Å². The predicted molar refractivity (Wildman–Crippen MR) is 69.8 cm³/mol. The average molecular weight is 269 g/mol. The van der Waals surface area contributed by atoms with E-state index in [1.165, 1.54) is 0 Å². The Morgan fingerprint density at radius 3 is 3.00 bits per heavy atom. The number of fused-ring (bicyclic) bond motifs is 1. The zero-order chi connectivity index (χ0) is 13.5. The zero-order valence-electron chi connectivity index (χ0n) is 10.4. The molecule has 20 heavy (non-hydrogen) atoms. The first kappa shape index (κ1) is 11.0. The second-order valence-electron chi connectivity index (χ2n) is 4.57. The van der Waals surface area contributed by atoms with Crippen molar-refractivity contribution >= 4 is 5.82 Å². The minimum atomic E-state index is -0.224. The third-order valence-electron chi connectivity index (χ3n) is 3.28. The highest BCUT2D eigenvalue weighted by atomic mass is 16.5. The van der Waals surface area contributed by atoms with E-state index in [1.54, 1.807) is 6.20 Å². The summed E-state index contributed by atoms with van der Waals surface area (Å²) in [6, 6.07) is 7.89. The van der Waals surface area contributed by atoms with E-state index in [0.717, 1.165) is 17.7 Å². The van der Waals surface area contributed by atoms with Gasteiger partial charge < -0.3 is 15.0 Å². The monoisotopic (exact) mass is 269 g/mol. The average Bonchev–Trinajstić information content (AvgIpc) is 3.15. The number of para-hydroxylation sites is 1. The molecular formula is C13H11N5O2. The predicted octanol–water partition coefficient (Wildman–Crippen LogP) is 1.72. The van der Waals surface area contributed by atoms with Gasteiger partial charge >= 0.3 is 0 Å². The largest absolute Gasteiger partial charge is 0.482 e. The van der Waals surface area contributed by atoms with Crippen LogP contribution in [0.3, 0.4) is 0 Å². The molecule has 4 rings (SSSR count). The number of hydrogen-bond donors (Lipinski definition) is 2. The van der Waals surface area contributed by atoms with Gasteiger partial charge in [0.05, 0.1) is 6.20 Å². The smallest absolute Gasteiger partial charge is 0.263 e. The highest BCUT2D eigenvalue weighted by molar-refractivity contribution is 5.65. The molecule has 3 aromatic rings. The summed E-state index contributed by atoms with van der Waals surface area (Å²) in [5, 5.41) is 10.4. The lowest BCUT2D eigenvalue weighted by molar-refractivity contribution is 0.221. The number of ether oxygens (including phenoxy) is 1. The van der Waals surface area contributed by atoms with E-state index in [9.17, 15) is 0 Å². The maximum Gasteiger partial charge on any atom is 0.263 e. The first-order valence-corrected chi connectivity index (χ1v) is 6.18. The molecule has 1 aromatic carbocycles. The van der Waals surface area contributed by atoms with Crippen molar-refractivity contribution in [3.8, 4) is 17.2 Å². The van der Waals surface area contributed by atoms with Gasteiger partial charge in [0.25, 0.3) is 5.89 Å². The van der Waals surface area contributed by atoms with Crippen molar-refractivity contribution in [3.63, 3.8) is 0 Å². The van der Waals surface area contributed by atoms with E-state index in [1.807, 2.05) is 24.3 Å². The highest BCUT2D eigenvalue weighted by Crippen LogP contribution is 2.35. The fraction of sp³-hybridized carbons (Fsp3) is 0.154. The minimum Gasteiger partial charge on any atom is -0.482 e. The lowest BCUT2D eigenvalue weighted by Gasteiger charge is -2.04. The summed E-state index contributed by atoms with van der Waals surface area (Å²) >= 11 is 0. The van der Waals surface area contributed by atoms with E-state index in [-0.39, 0.29) is 6.10 Å². The quantitative estimate of drug-likeness (QED) is 0.734. The number of aromatic amines is 1. The van der Waals surface area contributed by atoms with E-state index < -0.39 is 0 Å². The van der Waals surface area contributed by atoms with Gasteiger partial charge in [-0.15, -0.1) is 0 Å². The van der Waals surface area contributed by atoms with Crippen LogP contribution in [0.2, 0.25) is 0 Å². The van der Waals surface area contributed by atoms with Gasteiger partial charge in [0.2, 0.25) is 5.82 Å². The SMILES string of the molecule is Nc1[nH]ncc1-c1nc(C2Cc3ccccc3O2)no1. The van der Waals surface area contributed by atoms with Crippen molar-refractivity contribution in [1.82, 2.24) is 20.3 Å². The molecule has 1 aliphatic rings. The maximum atomic E-state index is 5.81. The molecule has 0 aliphatic carbocycles. The number of anilines is 1. The number of nitrogens with two attached hydrogens (primary N) is 1. The second-order valence-corrected chi connectivity index (χ2v) is 4.57. The van der Waals surface area contributed by atoms with Gasteiger partial charge in [0.1, 0.15) is 17.1 Å². The summed E-state index contributed by atoms with van der Waals surface area (Å²) in [6.07, 6.45) is 2.06. The standard InChI is InChI=1S/C13H11N5O2/c14-11-8(6-15-17-11)13-16-12(18-20-13)10-5-7-3-1-2-4-9(7)19-10/h1-4,6,10H,5H2,(H3,14,15,17). The molecule has 1 atom stereocenters. The molecule has 0 bridgehead atoms. The summed E-state index contributed by atoms with van der Waals surface area (Å²) in [5.74, 6) is 2.12. The van der Waals surface area contributed by atoms with Gasteiger partial charge in [-0.2, -0.15) is 10.1 Å². The number of rotatable bonds is 2. The molecule has 0 fully saturated rings. The van der Waals surface area contributed by atoms with Crippen LogP contribution < -0.4 is 10.5 Å². The molecule has 7 nitrogen and oxygen atoms in total. The fourth-order valence-electron chi connectivity index (χ4n) is 2.27. The Balaban J connectivity index is 1.63. The van der Waals surface area contributed by atoms with Crippen LogP contribution in [0.5, 0.6) is 5.75 Å². The van der Waals surface area contributed by atoms with Gasteiger partial charge in [-0.3, -0.25) is 5.10 Å². The summed E-state index contributed by atoms with van der Waals surface area (Å²) < 4.78 is 11.0. The molecule has 0 spiro atoms. The molecule has 7 heteroatoms. The number of benzene rings is 1. The van der Waals surface area contributed by atoms with Gasteiger partial charge in [0, 0.05) is 6.42 Å². The number of aromatic nitrogens is 4. The number of H-pyrrole nitrogens is 1. The van der Waals surface area contributed by atoms with E-state index in [0.29, 0.717) is 23.1 Å². The first-order chi connectivity index (χ1) is 9.81. The van der Waals surface area contributed by atoms with Crippen LogP contribution in [0.25, 0.3) is 11.5 Å². The molecule has 100 valence electrons. The molecule has 2 aromatic heterocycles. The first-order valence-electron chi connectivity index (χ1n) is 6.18. The van der Waals surface area contributed by atoms with Crippen molar-refractivity contribution < 1.29 is 9.26 Å². The van der Waals surface area contributed by atoms with E-state index in [4.69, 9.17) is 15.0 Å². The fourth-order valence-corrected chi connectivity index (χ4v) is 2.27. The van der Waals surface area contributed by atoms with Crippen molar-refractivity contribution in [2.45, 2.75) is 12.5 Å². The van der Waals surface area contributed by atoms with E-state index >= 15 is 0 Å². The van der Waals surface area contributed by atoms with Crippen molar-refractivity contribution in [2.24, 2.45) is 0 Å². The van der Waals surface area contributed by atoms with Gasteiger partial charge in [-0.1, -0.05) is 23.4 Å². The third-order valence-corrected chi connectivity index (χ3v) is 3.28. The maximum absolute atomic E-state index is 5.81. The molecule has 1 aliphatic heterocycles. The number of hydrogen-bond acceptors (Lipinski definition) is 6. The lowest BCUT2D eigenvalue weighted by Crippen LogP contribution is -2.05. The number of nitrogens with zero attached hydrogens (tertiary/aromatic N) is 3. The summed E-state index contributed by atoms with van der Waals surface area (Å²) in [6.45, 7) is 0. The molecule has 1 unspecified atom stereocenters. The van der Waals surface area contributed by atoms with Crippen LogP contribution in [0, 0.1) is 0 Å². The van der Waals surface area contributed by atoms with Crippen LogP contribution in [0.15, 0.2) is 35.0 Å². The second kappa shape index (κ2) is 4.09. The minimum absolute atomic E-state index is 0.224. The summed E-state index contributed by atoms with van der Waals surface area (Å²) in [7, 11) is 0. The molecule has 0 saturated carbocycles. The van der Waals surface area contributed by atoms with Gasteiger partial charge in [0.15, 0.2) is 6.10 Å². The Labute approximate surface area is 113 Å². The van der Waals surface area contributed by atoms with Crippen LogP contribution in [-0.4, -0.2) is 20.3 Å². The topological polar surface area (TPSA) is 103 Å². The van der Waals surface area contributed by atoms with Crippen LogP contribution >= 0.6 is 0 Å². The Hall–Kier alpha value is -2.83. The van der Waals surface area contributed by atoms with Crippen LogP contribution in [0.1, 0.15) is 17.5 Å². The lowest BCUT2D eigenvalue weighted by atomic mass is 10.1. The normalized spacial score (nSPS) is 16.9. The van der Waals surface area contributed by atoms with Gasteiger partial charge in [-0.05, 0) is 11.6 Å². The molecule has 0 radical (unpaired) electrons. The molecule has 3 heterocycles. The molecule has 0 saturated heterocycles. The van der Waals surface area contributed by atoms with E-state index in [2.05, 4.69) is 20.3 Å². The summed E-state index contributed by atoms with van der Waals surface area (Å²) in [5.41, 5.74) is 7.47. The molecule has 3 N–H and O–H groups in total. The Kier molecular flexibility index (Phi) is 2.26. The Morgan fingerprint density at radius 1 is 1.30 bits per heavy atom. The molecular weight excluding hydrogens is 258 g/mol.